The van der Waals surface area contributed by atoms with Crippen molar-refractivity contribution >= 4 is 22.9 Å². The van der Waals surface area contributed by atoms with Crippen LogP contribution in [0, 0.1) is 6.92 Å². The first-order valence-electron chi connectivity index (χ1n) is 7.93. The molecule has 1 aliphatic rings. The van der Waals surface area contributed by atoms with E-state index in [4.69, 9.17) is 0 Å². The average molecular weight is 339 g/mol. The maximum atomic E-state index is 12.8. The van der Waals surface area contributed by atoms with E-state index >= 15 is 0 Å². The number of rotatable bonds is 3. The zero-order valence-electron chi connectivity index (χ0n) is 13.2. The van der Waals surface area contributed by atoms with Gasteiger partial charge in [0.25, 0.3) is 0 Å². The molecule has 0 saturated heterocycles. The first-order valence-corrected chi connectivity index (χ1v) is 8.81. The highest BCUT2D eigenvalue weighted by Gasteiger charge is 2.30. The van der Waals surface area contributed by atoms with Gasteiger partial charge >= 0.3 is 0 Å². The van der Waals surface area contributed by atoms with E-state index in [0.717, 1.165) is 47.6 Å². The monoisotopic (exact) mass is 339 g/mol. The summed E-state index contributed by atoms with van der Waals surface area (Å²) in [5, 5.41) is 16.0. The van der Waals surface area contributed by atoms with Crippen LogP contribution in [0.25, 0.3) is 11.3 Å². The molecule has 24 heavy (non-hydrogen) atoms. The van der Waals surface area contributed by atoms with Crippen molar-refractivity contribution in [3.05, 3.63) is 46.0 Å². The van der Waals surface area contributed by atoms with Gasteiger partial charge in [0.15, 0.2) is 0 Å². The van der Waals surface area contributed by atoms with Gasteiger partial charge in [0.05, 0.1) is 28.7 Å². The van der Waals surface area contributed by atoms with Crippen LogP contribution in [-0.4, -0.2) is 26.3 Å². The number of H-pyrrole nitrogens is 1. The molecule has 3 aromatic rings. The van der Waals surface area contributed by atoms with Crippen molar-refractivity contribution in [2.24, 2.45) is 0 Å². The number of thiophene rings is 1. The van der Waals surface area contributed by atoms with Crippen molar-refractivity contribution < 1.29 is 4.79 Å². The Morgan fingerprint density at radius 1 is 1.42 bits per heavy atom. The van der Waals surface area contributed by atoms with Gasteiger partial charge in [-0.2, -0.15) is 15.4 Å². The summed E-state index contributed by atoms with van der Waals surface area (Å²) >= 11 is 1.67. The highest BCUT2D eigenvalue weighted by Crippen LogP contribution is 2.32. The molecular weight excluding hydrogens is 322 g/mol. The van der Waals surface area contributed by atoms with Crippen LogP contribution in [0.15, 0.2) is 29.8 Å². The Labute approximate surface area is 143 Å². The largest absolute Gasteiger partial charge is 0.324 e. The van der Waals surface area contributed by atoms with E-state index < -0.39 is 0 Å². The van der Waals surface area contributed by atoms with Crippen molar-refractivity contribution in [2.75, 3.05) is 5.32 Å². The van der Waals surface area contributed by atoms with E-state index in [1.165, 1.54) is 4.88 Å². The number of pyridine rings is 1. The molecule has 0 fully saturated rings. The second-order valence-corrected chi connectivity index (χ2v) is 7.05. The van der Waals surface area contributed by atoms with Crippen LogP contribution in [0.3, 0.4) is 0 Å². The molecule has 1 aliphatic carbocycles. The molecule has 0 radical (unpaired) electrons. The SMILES string of the molecule is Cc1cc(-c2ncccc2NC(=O)C2CCCc3n[nH]nc32)cs1. The number of aryl methyl sites for hydroxylation is 2. The Bertz CT molecular complexity index is 885. The van der Waals surface area contributed by atoms with Crippen molar-refractivity contribution in [3.63, 3.8) is 0 Å². The van der Waals surface area contributed by atoms with Gasteiger partial charge in [-0.15, -0.1) is 11.3 Å². The lowest BCUT2D eigenvalue weighted by atomic mass is 9.89. The predicted molar refractivity (Wildman–Crippen MR) is 93.0 cm³/mol. The Morgan fingerprint density at radius 3 is 3.17 bits per heavy atom. The molecule has 0 aliphatic heterocycles. The molecule has 3 aromatic heterocycles. The summed E-state index contributed by atoms with van der Waals surface area (Å²) in [7, 11) is 0. The first-order chi connectivity index (χ1) is 11.7. The van der Waals surface area contributed by atoms with Crippen LogP contribution < -0.4 is 5.32 Å². The lowest BCUT2D eigenvalue weighted by Gasteiger charge is -2.20. The van der Waals surface area contributed by atoms with Gasteiger partial charge in [0.1, 0.15) is 0 Å². The number of aromatic nitrogens is 4. The topological polar surface area (TPSA) is 83.6 Å². The molecule has 0 saturated carbocycles. The quantitative estimate of drug-likeness (QED) is 0.767. The zero-order valence-corrected chi connectivity index (χ0v) is 14.1. The fraction of sp³-hybridized carbons (Fsp3) is 0.294. The van der Waals surface area contributed by atoms with Gasteiger partial charge < -0.3 is 5.32 Å². The summed E-state index contributed by atoms with van der Waals surface area (Å²) in [6.07, 6.45) is 4.36. The third-order valence-electron chi connectivity index (χ3n) is 4.27. The minimum Gasteiger partial charge on any atom is -0.324 e. The molecule has 1 unspecified atom stereocenters. The average Bonchev–Trinajstić information content (AvgIpc) is 3.23. The molecule has 122 valence electrons. The van der Waals surface area contributed by atoms with Gasteiger partial charge in [-0.05, 0) is 44.4 Å². The minimum absolute atomic E-state index is 0.0500. The summed E-state index contributed by atoms with van der Waals surface area (Å²) in [4.78, 5) is 18.5. The summed E-state index contributed by atoms with van der Waals surface area (Å²) in [6, 6.07) is 5.81. The van der Waals surface area contributed by atoms with Gasteiger partial charge in [-0.25, -0.2) is 0 Å². The number of carbonyl (C=O) groups is 1. The van der Waals surface area contributed by atoms with E-state index in [0.29, 0.717) is 0 Å². The second-order valence-electron chi connectivity index (χ2n) is 5.94. The molecule has 6 nitrogen and oxygen atoms in total. The molecule has 0 spiro atoms. The van der Waals surface area contributed by atoms with Crippen molar-refractivity contribution in [1.82, 2.24) is 20.4 Å². The number of hydrogen-bond donors (Lipinski definition) is 2. The number of aromatic amines is 1. The van der Waals surface area contributed by atoms with Crippen molar-refractivity contribution in [2.45, 2.75) is 32.1 Å². The number of hydrogen-bond acceptors (Lipinski definition) is 5. The third kappa shape index (κ3) is 2.71. The smallest absolute Gasteiger partial charge is 0.233 e. The number of anilines is 1. The van der Waals surface area contributed by atoms with E-state index in [1.807, 2.05) is 12.1 Å². The van der Waals surface area contributed by atoms with E-state index in [2.05, 4.69) is 44.1 Å². The number of nitrogens with one attached hydrogen (secondary N) is 2. The minimum atomic E-state index is -0.259. The first kappa shape index (κ1) is 15.0. The van der Waals surface area contributed by atoms with Gasteiger partial charge in [-0.1, -0.05) is 0 Å². The van der Waals surface area contributed by atoms with Crippen LogP contribution >= 0.6 is 11.3 Å². The molecule has 0 bridgehead atoms. The normalized spacial score (nSPS) is 16.6. The molecule has 7 heteroatoms. The summed E-state index contributed by atoms with van der Waals surface area (Å²) in [6.45, 7) is 2.06. The summed E-state index contributed by atoms with van der Waals surface area (Å²) < 4.78 is 0. The Balaban J connectivity index is 1.62. The van der Waals surface area contributed by atoms with Gasteiger partial charge in [0, 0.05) is 22.0 Å². The van der Waals surface area contributed by atoms with Crippen LogP contribution in [-0.2, 0) is 11.2 Å². The molecule has 4 rings (SSSR count). The Kier molecular flexibility index (Phi) is 3.86. The second kappa shape index (κ2) is 6.16. The zero-order chi connectivity index (χ0) is 16.5. The molecule has 2 N–H and O–H groups in total. The number of carbonyl (C=O) groups excluding carboxylic acids is 1. The number of fused-ring (bicyclic) bond motifs is 1. The van der Waals surface area contributed by atoms with Gasteiger partial charge in [-0.3, -0.25) is 9.78 Å². The number of nitrogens with zero attached hydrogens (tertiary/aromatic N) is 3. The van der Waals surface area contributed by atoms with Crippen LogP contribution in [0.1, 0.15) is 35.0 Å². The predicted octanol–water partition coefficient (Wildman–Crippen LogP) is 3.30. The molecule has 3 heterocycles. The van der Waals surface area contributed by atoms with Gasteiger partial charge in [0.2, 0.25) is 5.91 Å². The molecule has 1 amide bonds. The van der Waals surface area contributed by atoms with E-state index in [1.54, 1.807) is 17.5 Å². The highest BCUT2D eigenvalue weighted by atomic mass is 32.1. The Morgan fingerprint density at radius 2 is 2.33 bits per heavy atom. The lowest BCUT2D eigenvalue weighted by molar-refractivity contribution is -0.118. The molecule has 1 atom stereocenters. The summed E-state index contributed by atoms with van der Waals surface area (Å²) in [5.41, 5.74) is 4.23. The lowest BCUT2D eigenvalue weighted by Crippen LogP contribution is -2.25. The van der Waals surface area contributed by atoms with Crippen molar-refractivity contribution in [1.29, 1.82) is 0 Å². The van der Waals surface area contributed by atoms with Crippen molar-refractivity contribution in [3.8, 4) is 11.3 Å². The summed E-state index contributed by atoms with van der Waals surface area (Å²) in [5.74, 6) is -0.309. The maximum absolute atomic E-state index is 12.8. The van der Waals surface area contributed by atoms with Crippen LogP contribution in [0.4, 0.5) is 5.69 Å². The fourth-order valence-electron chi connectivity index (χ4n) is 3.11. The standard InChI is InChI=1S/C17H17N5OS/c1-10-8-11(9-24-10)15-13(6-3-7-18-15)19-17(23)12-4-2-5-14-16(12)21-22-20-14/h3,6-9,12H,2,4-5H2,1H3,(H,19,23)(H,20,21,22). The number of amides is 1. The fourth-order valence-corrected chi connectivity index (χ4v) is 3.80. The van der Waals surface area contributed by atoms with E-state index in [9.17, 15) is 4.79 Å². The van der Waals surface area contributed by atoms with E-state index in [-0.39, 0.29) is 11.8 Å². The molecular formula is C17H17N5OS. The third-order valence-corrected chi connectivity index (χ3v) is 5.14. The highest BCUT2D eigenvalue weighted by molar-refractivity contribution is 7.10. The maximum Gasteiger partial charge on any atom is 0.233 e. The molecule has 0 aromatic carbocycles. The Hall–Kier alpha value is -2.54. The van der Waals surface area contributed by atoms with Crippen LogP contribution in [0.2, 0.25) is 0 Å². The van der Waals surface area contributed by atoms with Crippen LogP contribution in [0.5, 0.6) is 0 Å².